The van der Waals surface area contributed by atoms with Gasteiger partial charge in [0.1, 0.15) is 4.21 Å². The number of carbonyl (C=O) groups is 1. The molecular weight excluding hydrogens is 390 g/mol. The Kier molecular flexibility index (Phi) is 5.38. The normalized spacial score (nSPS) is 11.6. The van der Waals surface area contributed by atoms with E-state index >= 15 is 0 Å². The summed E-state index contributed by atoms with van der Waals surface area (Å²) in [5.74, 6) is -0.420. The van der Waals surface area contributed by atoms with E-state index in [1.54, 1.807) is 36.4 Å². The molecule has 0 aliphatic heterocycles. The van der Waals surface area contributed by atoms with Crippen molar-refractivity contribution in [2.45, 2.75) is 10.8 Å². The Balaban J connectivity index is 2.14. The fourth-order valence-electron chi connectivity index (χ4n) is 1.80. The number of hydrogen-bond acceptors (Lipinski definition) is 5. The highest BCUT2D eigenvalue weighted by molar-refractivity contribution is 9.11. The molecule has 0 saturated heterocycles. The van der Waals surface area contributed by atoms with Gasteiger partial charge >= 0.3 is 5.97 Å². The van der Waals surface area contributed by atoms with Crippen LogP contribution < -0.4 is 0 Å². The van der Waals surface area contributed by atoms with Crippen LogP contribution in [0.3, 0.4) is 0 Å². The monoisotopic (exact) mass is 403 g/mol. The maximum Gasteiger partial charge on any atom is 0.337 e. The fourth-order valence-corrected chi connectivity index (χ4v) is 5.18. The molecule has 0 radical (unpaired) electrons. The van der Waals surface area contributed by atoms with Crippen molar-refractivity contribution in [3.8, 4) is 0 Å². The van der Waals surface area contributed by atoms with Crippen LogP contribution in [0, 0.1) is 0 Å². The molecular formula is C14H14BrNO4S2. The van der Waals surface area contributed by atoms with Gasteiger partial charge in [-0.1, -0.05) is 12.1 Å². The summed E-state index contributed by atoms with van der Waals surface area (Å²) >= 11 is 4.43. The zero-order chi connectivity index (χ0) is 16.3. The van der Waals surface area contributed by atoms with Gasteiger partial charge in [0, 0.05) is 13.6 Å². The molecule has 0 fully saturated rings. The van der Waals surface area contributed by atoms with E-state index in [4.69, 9.17) is 0 Å². The lowest BCUT2D eigenvalue weighted by atomic mass is 10.1. The molecule has 0 amide bonds. The van der Waals surface area contributed by atoms with Gasteiger partial charge in [-0.3, -0.25) is 0 Å². The first-order chi connectivity index (χ1) is 10.3. The molecule has 0 bridgehead atoms. The minimum absolute atomic E-state index is 0.222. The molecule has 0 spiro atoms. The molecule has 0 aliphatic carbocycles. The Morgan fingerprint density at radius 1 is 1.23 bits per heavy atom. The zero-order valence-corrected chi connectivity index (χ0v) is 15.2. The second-order valence-electron chi connectivity index (χ2n) is 4.51. The molecule has 1 aromatic heterocycles. The molecule has 2 rings (SSSR count). The highest BCUT2D eigenvalue weighted by atomic mass is 79.9. The Morgan fingerprint density at radius 2 is 1.86 bits per heavy atom. The fraction of sp³-hybridized carbons (Fsp3) is 0.214. The van der Waals surface area contributed by atoms with Crippen LogP contribution in [0.25, 0.3) is 0 Å². The minimum atomic E-state index is -3.52. The number of methoxy groups -OCH3 is 1. The van der Waals surface area contributed by atoms with Crippen molar-refractivity contribution in [1.29, 1.82) is 0 Å². The van der Waals surface area contributed by atoms with Gasteiger partial charge in [-0.15, -0.1) is 11.3 Å². The van der Waals surface area contributed by atoms with E-state index in [0.29, 0.717) is 5.56 Å². The number of benzene rings is 1. The van der Waals surface area contributed by atoms with E-state index in [1.807, 2.05) is 0 Å². The number of carbonyl (C=O) groups excluding carboxylic acids is 1. The van der Waals surface area contributed by atoms with E-state index in [1.165, 1.54) is 29.8 Å². The number of hydrogen-bond donors (Lipinski definition) is 0. The van der Waals surface area contributed by atoms with Crippen LogP contribution in [0.4, 0.5) is 0 Å². The summed E-state index contributed by atoms with van der Waals surface area (Å²) in [5, 5.41) is 0. The Morgan fingerprint density at radius 3 is 2.36 bits per heavy atom. The molecule has 8 heteroatoms. The van der Waals surface area contributed by atoms with Crippen LogP contribution in [-0.2, 0) is 21.3 Å². The van der Waals surface area contributed by atoms with E-state index in [0.717, 1.165) is 9.35 Å². The van der Waals surface area contributed by atoms with E-state index in [2.05, 4.69) is 20.7 Å². The molecule has 118 valence electrons. The highest BCUT2D eigenvalue weighted by Crippen LogP contribution is 2.28. The average molecular weight is 404 g/mol. The lowest BCUT2D eigenvalue weighted by Gasteiger charge is -2.16. The third-order valence-corrected chi connectivity index (χ3v) is 6.89. The Labute approximate surface area is 141 Å². The van der Waals surface area contributed by atoms with Crippen molar-refractivity contribution in [1.82, 2.24) is 4.31 Å². The second-order valence-corrected chi connectivity index (χ2v) is 9.24. The van der Waals surface area contributed by atoms with Crippen molar-refractivity contribution in [2.75, 3.05) is 14.2 Å². The van der Waals surface area contributed by atoms with Crippen molar-refractivity contribution < 1.29 is 17.9 Å². The molecule has 0 unspecified atom stereocenters. The number of sulfonamides is 1. The van der Waals surface area contributed by atoms with Gasteiger partial charge in [0.05, 0.1) is 16.5 Å². The van der Waals surface area contributed by atoms with Gasteiger partial charge in [-0.05, 0) is 45.8 Å². The van der Waals surface area contributed by atoms with Crippen molar-refractivity contribution in [3.63, 3.8) is 0 Å². The summed E-state index contributed by atoms with van der Waals surface area (Å²) in [6, 6.07) is 9.93. The van der Waals surface area contributed by atoms with Gasteiger partial charge < -0.3 is 4.74 Å². The summed E-state index contributed by atoms with van der Waals surface area (Å²) in [4.78, 5) is 11.4. The number of rotatable bonds is 5. The van der Waals surface area contributed by atoms with Crippen LogP contribution in [0.1, 0.15) is 15.9 Å². The van der Waals surface area contributed by atoms with Crippen LogP contribution in [-0.4, -0.2) is 32.8 Å². The average Bonchev–Trinajstić information content (AvgIpc) is 2.94. The lowest BCUT2D eigenvalue weighted by molar-refractivity contribution is 0.0600. The Hall–Kier alpha value is -1.22. The van der Waals surface area contributed by atoms with Gasteiger partial charge in [-0.25, -0.2) is 13.2 Å². The first kappa shape index (κ1) is 17.1. The Bertz CT molecular complexity index is 768. The van der Waals surface area contributed by atoms with E-state index in [-0.39, 0.29) is 10.8 Å². The van der Waals surface area contributed by atoms with E-state index in [9.17, 15) is 13.2 Å². The summed E-state index contributed by atoms with van der Waals surface area (Å²) in [7, 11) is -0.677. The second kappa shape index (κ2) is 6.91. The molecule has 0 aliphatic rings. The zero-order valence-electron chi connectivity index (χ0n) is 11.9. The maximum atomic E-state index is 12.4. The molecule has 1 aromatic carbocycles. The predicted octanol–water partition coefficient (Wildman–Crippen LogP) is 3.12. The third kappa shape index (κ3) is 3.75. The van der Waals surface area contributed by atoms with Gasteiger partial charge in [0.2, 0.25) is 0 Å². The highest BCUT2D eigenvalue weighted by Gasteiger charge is 2.22. The number of esters is 1. The van der Waals surface area contributed by atoms with Gasteiger partial charge in [-0.2, -0.15) is 4.31 Å². The smallest absolute Gasteiger partial charge is 0.337 e. The number of thiophene rings is 1. The molecule has 5 nitrogen and oxygen atoms in total. The van der Waals surface area contributed by atoms with Gasteiger partial charge in [0.15, 0.2) is 0 Å². The summed E-state index contributed by atoms with van der Waals surface area (Å²) in [5.41, 5.74) is 1.22. The maximum absolute atomic E-state index is 12.4. The van der Waals surface area contributed by atoms with Crippen molar-refractivity contribution >= 4 is 43.3 Å². The van der Waals surface area contributed by atoms with Crippen LogP contribution in [0.5, 0.6) is 0 Å². The predicted molar refractivity (Wildman–Crippen MR) is 88.5 cm³/mol. The summed E-state index contributed by atoms with van der Waals surface area (Å²) < 4.78 is 31.8. The third-order valence-electron chi connectivity index (χ3n) is 2.99. The number of nitrogens with zero attached hydrogens (tertiary/aromatic N) is 1. The first-order valence-corrected chi connectivity index (χ1v) is 9.28. The lowest BCUT2D eigenvalue weighted by Crippen LogP contribution is -2.25. The first-order valence-electron chi connectivity index (χ1n) is 6.23. The summed E-state index contributed by atoms with van der Waals surface area (Å²) in [6.07, 6.45) is 0. The van der Waals surface area contributed by atoms with Crippen molar-refractivity contribution in [2.24, 2.45) is 0 Å². The molecule has 1 heterocycles. The largest absolute Gasteiger partial charge is 0.465 e. The minimum Gasteiger partial charge on any atom is -0.465 e. The van der Waals surface area contributed by atoms with Crippen molar-refractivity contribution in [3.05, 3.63) is 51.3 Å². The number of halogens is 1. The topological polar surface area (TPSA) is 63.7 Å². The summed E-state index contributed by atoms with van der Waals surface area (Å²) in [6.45, 7) is 0.222. The van der Waals surface area contributed by atoms with Crippen LogP contribution >= 0.6 is 27.3 Å². The quantitative estimate of drug-likeness (QED) is 0.719. The number of ether oxygens (including phenoxy) is 1. The molecule has 0 atom stereocenters. The molecule has 22 heavy (non-hydrogen) atoms. The van der Waals surface area contributed by atoms with Crippen LogP contribution in [0.2, 0.25) is 0 Å². The van der Waals surface area contributed by atoms with Crippen LogP contribution in [0.15, 0.2) is 44.4 Å². The standard InChI is InChI=1S/C14H14BrNO4S2/c1-16(22(18,19)13-8-7-12(15)21-13)9-10-3-5-11(6-4-10)14(17)20-2/h3-8H,9H2,1-2H3. The molecule has 0 saturated carbocycles. The molecule has 0 N–H and O–H groups in total. The van der Waals surface area contributed by atoms with E-state index < -0.39 is 16.0 Å². The SMILES string of the molecule is COC(=O)c1ccc(CN(C)S(=O)(=O)c2ccc(Br)s2)cc1. The molecule has 2 aromatic rings. The van der Waals surface area contributed by atoms with Gasteiger partial charge in [0.25, 0.3) is 10.0 Å².